The number of halogens is 1. The number of hydrogen-bond acceptors (Lipinski definition) is 5. The molecule has 7 heteroatoms. The number of nitrogens with one attached hydrogen (secondary N) is 2. The van der Waals surface area contributed by atoms with E-state index in [0.717, 1.165) is 22.7 Å². The third kappa shape index (κ3) is 3.11. The Morgan fingerprint density at radius 1 is 1.33 bits per heavy atom. The lowest BCUT2D eigenvalue weighted by atomic mass is 10.2. The highest BCUT2D eigenvalue weighted by atomic mass is 35.5. The van der Waals surface area contributed by atoms with Crippen LogP contribution >= 0.6 is 23.4 Å². The van der Waals surface area contributed by atoms with E-state index in [1.54, 1.807) is 6.20 Å². The van der Waals surface area contributed by atoms with E-state index in [9.17, 15) is 0 Å². The minimum absolute atomic E-state index is 0.512. The maximum Gasteiger partial charge on any atom is 0.223 e. The van der Waals surface area contributed by atoms with E-state index in [1.807, 2.05) is 19.1 Å². The summed E-state index contributed by atoms with van der Waals surface area (Å²) in [6, 6.07) is 6.10. The number of aryl methyl sites for hydroxylation is 1. The highest BCUT2D eigenvalue weighted by Gasteiger charge is 2.10. The number of H-pyrrole nitrogens is 1. The van der Waals surface area contributed by atoms with Gasteiger partial charge in [-0.3, -0.25) is 0 Å². The van der Waals surface area contributed by atoms with Gasteiger partial charge in [0.1, 0.15) is 5.03 Å². The van der Waals surface area contributed by atoms with Crippen LogP contribution in [0, 0.1) is 6.92 Å². The van der Waals surface area contributed by atoms with Crippen molar-refractivity contribution in [2.75, 3.05) is 11.9 Å². The van der Waals surface area contributed by atoms with Gasteiger partial charge in [0.2, 0.25) is 5.95 Å². The highest BCUT2D eigenvalue weighted by Crippen LogP contribution is 2.31. The lowest BCUT2D eigenvalue weighted by Crippen LogP contribution is -2.02. The monoisotopic (exact) mass is 319 g/mol. The Bertz CT molecular complexity index is 786. The molecular weight excluding hydrogens is 306 g/mol. The van der Waals surface area contributed by atoms with Gasteiger partial charge in [-0.1, -0.05) is 17.7 Å². The Morgan fingerprint density at radius 2 is 2.19 bits per heavy atom. The summed E-state index contributed by atoms with van der Waals surface area (Å²) < 4.78 is 0. The SMILES string of the molecule is CCNc1ncc(Cl)c(Sc2nc3ccc(C)cc3[nH]2)n1. The van der Waals surface area contributed by atoms with Gasteiger partial charge in [-0.2, -0.15) is 0 Å². The van der Waals surface area contributed by atoms with Crippen molar-refractivity contribution in [2.45, 2.75) is 24.0 Å². The lowest BCUT2D eigenvalue weighted by molar-refractivity contribution is 1.00. The van der Waals surface area contributed by atoms with Crippen LogP contribution in [0.4, 0.5) is 5.95 Å². The number of rotatable bonds is 4. The zero-order valence-corrected chi connectivity index (χ0v) is 13.2. The predicted molar refractivity (Wildman–Crippen MR) is 86.2 cm³/mol. The number of anilines is 1. The van der Waals surface area contributed by atoms with Crippen molar-refractivity contribution >= 4 is 40.3 Å². The fraction of sp³-hybridized carbons (Fsp3) is 0.214. The van der Waals surface area contributed by atoms with E-state index in [1.165, 1.54) is 17.3 Å². The molecule has 3 aromatic rings. The summed E-state index contributed by atoms with van der Waals surface area (Å²) >= 11 is 7.55. The van der Waals surface area contributed by atoms with Crippen LogP contribution in [-0.2, 0) is 0 Å². The first-order valence-corrected chi connectivity index (χ1v) is 7.76. The summed E-state index contributed by atoms with van der Waals surface area (Å²) in [6.45, 7) is 4.80. The fourth-order valence-corrected chi connectivity index (χ4v) is 2.88. The van der Waals surface area contributed by atoms with E-state index in [0.29, 0.717) is 16.0 Å². The van der Waals surface area contributed by atoms with Crippen molar-refractivity contribution in [2.24, 2.45) is 0 Å². The highest BCUT2D eigenvalue weighted by molar-refractivity contribution is 7.99. The summed E-state index contributed by atoms with van der Waals surface area (Å²) in [5.74, 6) is 0.566. The molecule has 0 unspecified atom stereocenters. The molecule has 0 fully saturated rings. The molecular formula is C14H14ClN5S. The molecule has 0 saturated heterocycles. The normalized spacial score (nSPS) is 11.0. The van der Waals surface area contributed by atoms with Crippen LogP contribution in [0.15, 0.2) is 34.6 Å². The number of fused-ring (bicyclic) bond motifs is 1. The van der Waals surface area contributed by atoms with Gasteiger partial charge in [-0.15, -0.1) is 0 Å². The summed E-state index contributed by atoms with van der Waals surface area (Å²) in [7, 11) is 0. The first-order valence-electron chi connectivity index (χ1n) is 6.56. The van der Waals surface area contributed by atoms with Crippen LogP contribution in [-0.4, -0.2) is 26.5 Å². The van der Waals surface area contributed by atoms with Gasteiger partial charge in [-0.05, 0) is 43.3 Å². The third-order valence-corrected chi connectivity index (χ3v) is 4.14. The van der Waals surface area contributed by atoms with Gasteiger partial charge in [0.25, 0.3) is 0 Å². The van der Waals surface area contributed by atoms with Gasteiger partial charge in [-0.25, -0.2) is 15.0 Å². The second kappa shape index (κ2) is 5.91. The largest absolute Gasteiger partial charge is 0.354 e. The van der Waals surface area contributed by atoms with Gasteiger partial charge in [0.05, 0.1) is 22.3 Å². The van der Waals surface area contributed by atoms with E-state index in [2.05, 4.69) is 38.2 Å². The molecule has 0 aliphatic carbocycles. The van der Waals surface area contributed by atoms with E-state index in [4.69, 9.17) is 11.6 Å². The molecule has 1 aromatic carbocycles. The number of aromatic amines is 1. The Kier molecular flexibility index (Phi) is 3.98. The molecule has 0 atom stereocenters. The van der Waals surface area contributed by atoms with E-state index in [-0.39, 0.29) is 0 Å². The van der Waals surface area contributed by atoms with Crippen LogP contribution in [0.3, 0.4) is 0 Å². The molecule has 0 radical (unpaired) electrons. The second-order valence-electron chi connectivity index (χ2n) is 4.54. The molecule has 108 valence electrons. The van der Waals surface area contributed by atoms with Crippen molar-refractivity contribution < 1.29 is 0 Å². The molecule has 0 bridgehead atoms. The van der Waals surface area contributed by atoms with Gasteiger partial charge in [0.15, 0.2) is 5.16 Å². The Balaban J connectivity index is 1.92. The number of benzene rings is 1. The van der Waals surface area contributed by atoms with Gasteiger partial charge in [0, 0.05) is 6.54 Å². The fourth-order valence-electron chi connectivity index (χ4n) is 1.91. The Hall–Kier alpha value is -1.79. The van der Waals surface area contributed by atoms with Gasteiger partial charge < -0.3 is 10.3 Å². The van der Waals surface area contributed by atoms with Gasteiger partial charge >= 0.3 is 0 Å². The van der Waals surface area contributed by atoms with Crippen molar-refractivity contribution in [3.05, 3.63) is 35.0 Å². The number of aromatic nitrogens is 4. The standard InChI is InChI=1S/C14H14ClN5S/c1-3-16-13-17-7-9(15)12(20-13)21-14-18-10-5-4-8(2)6-11(10)19-14/h4-7H,3H2,1-2H3,(H,18,19)(H,16,17,20). The molecule has 0 saturated carbocycles. The average molecular weight is 320 g/mol. The minimum atomic E-state index is 0.512. The molecule has 21 heavy (non-hydrogen) atoms. The van der Waals surface area contributed by atoms with Crippen molar-refractivity contribution in [3.8, 4) is 0 Å². The summed E-state index contributed by atoms with van der Waals surface area (Å²) in [6.07, 6.45) is 1.60. The van der Waals surface area contributed by atoms with Crippen LogP contribution < -0.4 is 5.32 Å². The zero-order valence-electron chi connectivity index (χ0n) is 11.6. The van der Waals surface area contributed by atoms with E-state index >= 15 is 0 Å². The first-order chi connectivity index (χ1) is 10.2. The third-order valence-electron chi connectivity index (χ3n) is 2.86. The second-order valence-corrected chi connectivity index (χ2v) is 5.93. The number of imidazole rings is 1. The molecule has 2 aromatic heterocycles. The first kappa shape index (κ1) is 14.2. The van der Waals surface area contributed by atoms with Crippen molar-refractivity contribution in [3.63, 3.8) is 0 Å². The topological polar surface area (TPSA) is 66.5 Å². The maximum absolute atomic E-state index is 6.15. The smallest absolute Gasteiger partial charge is 0.223 e. The number of hydrogen-bond donors (Lipinski definition) is 2. The van der Waals surface area contributed by atoms with Crippen LogP contribution in [0.1, 0.15) is 12.5 Å². The molecule has 2 heterocycles. The summed E-state index contributed by atoms with van der Waals surface area (Å²) in [4.78, 5) is 16.3. The lowest BCUT2D eigenvalue weighted by Gasteiger charge is -2.04. The molecule has 5 nitrogen and oxygen atoms in total. The number of nitrogens with zero attached hydrogens (tertiary/aromatic N) is 3. The molecule has 0 aliphatic rings. The summed E-state index contributed by atoms with van der Waals surface area (Å²) in [5.41, 5.74) is 3.13. The zero-order chi connectivity index (χ0) is 14.8. The quantitative estimate of drug-likeness (QED) is 0.714. The maximum atomic E-state index is 6.15. The molecule has 2 N–H and O–H groups in total. The summed E-state index contributed by atoms with van der Waals surface area (Å²) in [5, 5.41) is 5.02. The van der Waals surface area contributed by atoms with Crippen molar-refractivity contribution in [1.29, 1.82) is 0 Å². The van der Waals surface area contributed by atoms with E-state index < -0.39 is 0 Å². The predicted octanol–water partition coefficient (Wildman–Crippen LogP) is 3.90. The molecule has 0 spiro atoms. The van der Waals surface area contributed by atoms with Crippen LogP contribution in [0.25, 0.3) is 11.0 Å². The molecule has 3 rings (SSSR count). The van der Waals surface area contributed by atoms with Crippen molar-refractivity contribution in [1.82, 2.24) is 19.9 Å². The van der Waals surface area contributed by atoms with Crippen LogP contribution in [0.5, 0.6) is 0 Å². The average Bonchev–Trinajstić information content (AvgIpc) is 2.84. The Morgan fingerprint density at radius 3 is 3.00 bits per heavy atom. The Labute approximate surface area is 131 Å². The minimum Gasteiger partial charge on any atom is -0.354 e. The van der Waals surface area contributed by atoms with Crippen LogP contribution in [0.2, 0.25) is 5.02 Å². The molecule has 0 amide bonds. The molecule has 0 aliphatic heterocycles.